The molecular weight excluding hydrogens is 349 g/mol. The molecule has 0 unspecified atom stereocenters. The van der Waals surface area contributed by atoms with Crippen LogP contribution in [-0.4, -0.2) is 22.9 Å². The molecule has 2 aromatic rings. The van der Waals surface area contributed by atoms with Gasteiger partial charge >= 0.3 is 5.97 Å². The van der Waals surface area contributed by atoms with Crippen molar-refractivity contribution in [2.24, 2.45) is 0 Å². The number of hydrogen-bond donors (Lipinski definition) is 2. The number of carbonyl (C=O) groups is 2. The van der Waals surface area contributed by atoms with Gasteiger partial charge in [0, 0.05) is 29.3 Å². The van der Waals surface area contributed by atoms with Crippen LogP contribution in [0.25, 0.3) is 0 Å². The monoisotopic (exact) mass is 363 g/mol. The van der Waals surface area contributed by atoms with Crippen LogP contribution in [0.4, 0.5) is 0 Å². The van der Waals surface area contributed by atoms with Gasteiger partial charge in [-0.1, -0.05) is 53.5 Å². The Hall–Kier alpha value is -2.30. The van der Waals surface area contributed by atoms with Crippen LogP contribution in [0.15, 0.2) is 60.8 Å². The van der Waals surface area contributed by atoms with Crippen molar-refractivity contribution in [2.75, 3.05) is 0 Å². The Morgan fingerprint density at radius 1 is 1.12 bits per heavy atom. The fourth-order valence-electron chi connectivity index (χ4n) is 2.09. The standard InChI is InChI=1S/C18H15Cl2NO3/c19-13-6-7-14(15(20)11-13)17(22)8-9-21-16(18(23)24)10-12-4-2-1-3-5-12/h1-9,11,16,21H,10H2,(H,23,24)/b9-8-/t16-/m1/s1. The van der Waals surface area contributed by atoms with Gasteiger partial charge in [-0.05, 0) is 23.8 Å². The van der Waals surface area contributed by atoms with Crippen LogP contribution in [-0.2, 0) is 11.2 Å². The Balaban J connectivity index is 2.01. The average molecular weight is 364 g/mol. The predicted molar refractivity (Wildman–Crippen MR) is 94.6 cm³/mol. The molecule has 124 valence electrons. The molecule has 2 aromatic carbocycles. The summed E-state index contributed by atoms with van der Waals surface area (Å²) in [6, 6.07) is 13.0. The van der Waals surface area contributed by atoms with Gasteiger partial charge in [0.1, 0.15) is 6.04 Å². The summed E-state index contributed by atoms with van der Waals surface area (Å²) in [6.07, 6.45) is 2.88. The normalized spacial score (nSPS) is 12.1. The Morgan fingerprint density at radius 3 is 2.46 bits per heavy atom. The largest absolute Gasteiger partial charge is 0.480 e. The SMILES string of the molecule is O=C(/C=C\N[C@H](Cc1ccccc1)C(=O)O)c1ccc(Cl)cc1Cl. The van der Waals surface area contributed by atoms with E-state index in [1.807, 2.05) is 30.3 Å². The van der Waals surface area contributed by atoms with Gasteiger partial charge in [-0.15, -0.1) is 0 Å². The first-order chi connectivity index (χ1) is 11.5. The van der Waals surface area contributed by atoms with Crippen LogP contribution in [0.1, 0.15) is 15.9 Å². The molecule has 0 aliphatic heterocycles. The highest BCUT2D eigenvalue weighted by Crippen LogP contribution is 2.21. The van der Waals surface area contributed by atoms with E-state index in [0.717, 1.165) is 5.56 Å². The summed E-state index contributed by atoms with van der Waals surface area (Å²) in [5.74, 6) is -1.34. The number of rotatable bonds is 7. The van der Waals surface area contributed by atoms with E-state index in [1.165, 1.54) is 24.4 Å². The number of carboxylic acid groups (broad SMARTS) is 1. The highest BCUT2D eigenvalue weighted by atomic mass is 35.5. The zero-order valence-corrected chi connectivity index (χ0v) is 14.1. The third-order valence-electron chi connectivity index (χ3n) is 3.31. The molecule has 1 atom stereocenters. The molecule has 4 nitrogen and oxygen atoms in total. The Labute approximate surface area is 149 Å². The smallest absolute Gasteiger partial charge is 0.326 e. The molecule has 2 N–H and O–H groups in total. The molecule has 2 rings (SSSR count). The first-order valence-corrected chi connectivity index (χ1v) is 7.91. The minimum absolute atomic E-state index is 0.247. The third kappa shape index (κ3) is 5.11. The Morgan fingerprint density at radius 2 is 1.83 bits per heavy atom. The van der Waals surface area contributed by atoms with Crippen molar-refractivity contribution >= 4 is 35.0 Å². The summed E-state index contributed by atoms with van der Waals surface area (Å²) in [6.45, 7) is 0. The van der Waals surface area contributed by atoms with Gasteiger partial charge in [-0.3, -0.25) is 4.79 Å². The molecule has 0 fully saturated rings. The van der Waals surface area contributed by atoms with Crippen molar-refractivity contribution in [1.29, 1.82) is 0 Å². The van der Waals surface area contributed by atoms with Crippen LogP contribution < -0.4 is 5.32 Å². The van der Waals surface area contributed by atoms with Crippen LogP contribution in [0.5, 0.6) is 0 Å². The predicted octanol–water partition coefficient (Wildman–Crippen LogP) is 3.98. The lowest BCUT2D eigenvalue weighted by molar-refractivity contribution is -0.139. The minimum atomic E-state index is -1.000. The molecule has 0 aliphatic carbocycles. The van der Waals surface area contributed by atoms with Crippen LogP contribution >= 0.6 is 23.2 Å². The maximum atomic E-state index is 12.1. The van der Waals surface area contributed by atoms with Gasteiger partial charge in [0.2, 0.25) is 0 Å². The van der Waals surface area contributed by atoms with Crippen molar-refractivity contribution in [3.8, 4) is 0 Å². The van der Waals surface area contributed by atoms with Gasteiger partial charge < -0.3 is 10.4 Å². The molecule has 0 saturated heterocycles. The van der Waals surface area contributed by atoms with Gasteiger partial charge in [0.25, 0.3) is 0 Å². The van der Waals surface area contributed by atoms with E-state index in [1.54, 1.807) is 6.07 Å². The van der Waals surface area contributed by atoms with E-state index >= 15 is 0 Å². The lowest BCUT2D eigenvalue weighted by atomic mass is 10.1. The molecule has 0 amide bonds. The number of benzene rings is 2. The second kappa shape index (κ2) is 8.52. The number of halogens is 2. The fourth-order valence-corrected chi connectivity index (χ4v) is 2.59. The maximum Gasteiger partial charge on any atom is 0.326 e. The highest BCUT2D eigenvalue weighted by Gasteiger charge is 2.16. The second-order valence-electron chi connectivity index (χ2n) is 5.07. The van der Waals surface area contributed by atoms with E-state index in [0.29, 0.717) is 17.0 Å². The van der Waals surface area contributed by atoms with E-state index in [2.05, 4.69) is 5.32 Å². The van der Waals surface area contributed by atoms with Crippen LogP contribution in [0.3, 0.4) is 0 Å². The van der Waals surface area contributed by atoms with Crippen LogP contribution in [0.2, 0.25) is 10.0 Å². The molecule has 0 aliphatic rings. The average Bonchev–Trinajstić information content (AvgIpc) is 2.54. The van der Waals surface area contributed by atoms with Gasteiger partial charge in [0.05, 0.1) is 5.02 Å². The first kappa shape index (κ1) is 18.0. The summed E-state index contributed by atoms with van der Waals surface area (Å²) in [7, 11) is 0. The van der Waals surface area contributed by atoms with Gasteiger partial charge in [0.15, 0.2) is 5.78 Å². The summed E-state index contributed by atoms with van der Waals surface area (Å²) in [5.41, 5.74) is 1.19. The fraction of sp³-hybridized carbons (Fsp3) is 0.111. The number of nitrogens with one attached hydrogen (secondary N) is 1. The topological polar surface area (TPSA) is 66.4 Å². The van der Waals surface area contributed by atoms with Crippen molar-refractivity contribution in [3.63, 3.8) is 0 Å². The number of hydrogen-bond acceptors (Lipinski definition) is 3. The second-order valence-corrected chi connectivity index (χ2v) is 5.91. The van der Waals surface area contributed by atoms with Crippen LogP contribution in [0, 0.1) is 0 Å². The quantitative estimate of drug-likeness (QED) is 0.576. The maximum absolute atomic E-state index is 12.1. The Kier molecular flexibility index (Phi) is 6.41. The van der Waals surface area contributed by atoms with Gasteiger partial charge in [-0.25, -0.2) is 4.79 Å². The summed E-state index contributed by atoms with van der Waals surface area (Å²) in [5, 5.41) is 12.7. The van der Waals surface area contributed by atoms with E-state index in [9.17, 15) is 14.7 Å². The summed E-state index contributed by atoms with van der Waals surface area (Å²) >= 11 is 11.8. The zero-order valence-electron chi connectivity index (χ0n) is 12.6. The molecule has 6 heteroatoms. The molecule has 0 radical (unpaired) electrons. The zero-order chi connectivity index (χ0) is 17.5. The summed E-state index contributed by atoms with van der Waals surface area (Å²) in [4.78, 5) is 23.4. The highest BCUT2D eigenvalue weighted by molar-refractivity contribution is 6.37. The summed E-state index contributed by atoms with van der Waals surface area (Å²) < 4.78 is 0. The van der Waals surface area contributed by atoms with Crippen molar-refractivity contribution in [1.82, 2.24) is 5.32 Å². The van der Waals surface area contributed by atoms with E-state index in [-0.39, 0.29) is 10.8 Å². The van der Waals surface area contributed by atoms with Gasteiger partial charge in [-0.2, -0.15) is 0 Å². The lowest BCUT2D eigenvalue weighted by Crippen LogP contribution is -2.35. The van der Waals surface area contributed by atoms with Crippen molar-refractivity contribution in [3.05, 3.63) is 82.0 Å². The molecule has 0 saturated carbocycles. The number of ketones is 1. The number of aliphatic carboxylic acids is 1. The molecular formula is C18H15Cl2NO3. The molecule has 0 bridgehead atoms. The molecule has 24 heavy (non-hydrogen) atoms. The Bertz CT molecular complexity index is 760. The number of carboxylic acids is 1. The van der Waals surface area contributed by atoms with Crippen molar-refractivity contribution < 1.29 is 14.7 Å². The molecule has 0 spiro atoms. The molecule has 0 heterocycles. The minimum Gasteiger partial charge on any atom is -0.480 e. The first-order valence-electron chi connectivity index (χ1n) is 7.16. The lowest BCUT2D eigenvalue weighted by Gasteiger charge is -2.12. The van der Waals surface area contributed by atoms with Crippen molar-refractivity contribution in [2.45, 2.75) is 12.5 Å². The molecule has 0 aromatic heterocycles. The van der Waals surface area contributed by atoms with E-state index in [4.69, 9.17) is 23.2 Å². The van der Waals surface area contributed by atoms with E-state index < -0.39 is 12.0 Å². The number of carbonyl (C=O) groups excluding carboxylic acids is 1. The number of allylic oxidation sites excluding steroid dienone is 1. The third-order valence-corrected chi connectivity index (χ3v) is 3.86.